The van der Waals surface area contributed by atoms with Crippen molar-refractivity contribution in [3.8, 4) is 22.7 Å². The zero-order chi connectivity index (χ0) is 22.7. The Morgan fingerprint density at radius 2 is 1.91 bits per heavy atom. The Morgan fingerprint density at radius 3 is 2.62 bits per heavy atom. The van der Waals surface area contributed by atoms with E-state index in [2.05, 4.69) is 39.7 Å². The van der Waals surface area contributed by atoms with Crippen LogP contribution in [0.1, 0.15) is 40.2 Å². The monoisotopic (exact) mass is 435 g/mol. The Balaban J connectivity index is 1.51. The summed E-state index contributed by atoms with van der Waals surface area (Å²) in [4.78, 5) is 0. The van der Waals surface area contributed by atoms with Crippen LogP contribution in [0.25, 0.3) is 28.0 Å². The molecule has 4 aromatic rings. The standard InChI is InChI=1S/C23H26FN7O/c1-22(2)13-18(20(24)23(3,4)28-22)30-9-7-14-11-17(26-27-21(14)30)16-6-5-15(12-19(16)32)31-10-8-25-29-31/h5-12,18,20,28,32H,13H2,1-4H3. The molecule has 2 N–H and O–H groups in total. The molecule has 0 bridgehead atoms. The third kappa shape index (κ3) is 3.42. The number of nitrogens with zero attached hydrogens (tertiary/aromatic N) is 6. The van der Waals surface area contributed by atoms with Crippen molar-refractivity contribution in [2.45, 2.75) is 57.4 Å². The highest BCUT2D eigenvalue weighted by molar-refractivity contribution is 5.81. The number of phenols is 1. The molecule has 1 aromatic carbocycles. The number of aromatic nitrogens is 6. The van der Waals surface area contributed by atoms with Gasteiger partial charge in [0.2, 0.25) is 0 Å². The molecule has 0 saturated carbocycles. The molecule has 1 fully saturated rings. The Kier molecular flexibility index (Phi) is 4.56. The molecule has 0 amide bonds. The van der Waals surface area contributed by atoms with Crippen LogP contribution < -0.4 is 5.32 Å². The molecule has 166 valence electrons. The second kappa shape index (κ2) is 7.09. The van der Waals surface area contributed by atoms with Crippen LogP contribution in [0.3, 0.4) is 0 Å². The Hall–Kier alpha value is -3.33. The van der Waals surface area contributed by atoms with Crippen LogP contribution in [0, 0.1) is 0 Å². The number of nitrogens with one attached hydrogen (secondary N) is 1. The van der Waals surface area contributed by atoms with E-state index in [-0.39, 0.29) is 17.3 Å². The molecular formula is C23H26FN7O. The summed E-state index contributed by atoms with van der Waals surface area (Å²) in [7, 11) is 0. The summed E-state index contributed by atoms with van der Waals surface area (Å²) < 4.78 is 18.9. The molecule has 1 saturated heterocycles. The van der Waals surface area contributed by atoms with Crippen molar-refractivity contribution < 1.29 is 9.50 Å². The van der Waals surface area contributed by atoms with Gasteiger partial charge in [0.25, 0.3) is 0 Å². The molecule has 32 heavy (non-hydrogen) atoms. The zero-order valence-electron chi connectivity index (χ0n) is 18.5. The van der Waals surface area contributed by atoms with E-state index < -0.39 is 11.7 Å². The molecular weight excluding hydrogens is 409 g/mol. The Labute approximate surface area is 185 Å². The van der Waals surface area contributed by atoms with Gasteiger partial charge < -0.3 is 15.0 Å². The molecule has 0 aliphatic carbocycles. The molecule has 2 atom stereocenters. The van der Waals surface area contributed by atoms with Gasteiger partial charge in [-0.2, -0.15) is 0 Å². The summed E-state index contributed by atoms with van der Waals surface area (Å²) in [6, 6.07) is 8.64. The van der Waals surface area contributed by atoms with Crippen LogP contribution in [-0.4, -0.2) is 52.1 Å². The van der Waals surface area contributed by atoms with Crippen molar-refractivity contribution in [2.75, 3.05) is 0 Å². The van der Waals surface area contributed by atoms with E-state index in [9.17, 15) is 5.11 Å². The lowest BCUT2D eigenvalue weighted by Gasteiger charge is -2.49. The first-order chi connectivity index (χ1) is 15.1. The average Bonchev–Trinajstić information content (AvgIpc) is 3.39. The van der Waals surface area contributed by atoms with Gasteiger partial charge in [-0.1, -0.05) is 5.21 Å². The van der Waals surface area contributed by atoms with Gasteiger partial charge in [0.15, 0.2) is 5.65 Å². The Bertz CT molecular complexity index is 1280. The minimum atomic E-state index is -1.08. The minimum absolute atomic E-state index is 0.0664. The number of halogens is 1. The van der Waals surface area contributed by atoms with Gasteiger partial charge in [0, 0.05) is 34.3 Å². The summed E-state index contributed by atoms with van der Waals surface area (Å²) >= 11 is 0. The number of hydrogen-bond donors (Lipinski definition) is 2. The van der Waals surface area contributed by atoms with E-state index in [1.807, 2.05) is 42.8 Å². The summed E-state index contributed by atoms with van der Waals surface area (Å²) in [5.74, 6) is 0.0664. The minimum Gasteiger partial charge on any atom is -0.507 e. The van der Waals surface area contributed by atoms with Crippen LogP contribution in [-0.2, 0) is 0 Å². The van der Waals surface area contributed by atoms with E-state index in [4.69, 9.17) is 0 Å². The van der Waals surface area contributed by atoms with E-state index in [1.165, 1.54) is 0 Å². The zero-order valence-corrected chi connectivity index (χ0v) is 18.5. The average molecular weight is 436 g/mol. The van der Waals surface area contributed by atoms with Crippen LogP contribution >= 0.6 is 0 Å². The lowest BCUT2D eigenvalue weighted by atomic mass is 9.78. The number of aromatic hydroxyl groups is 1. The summed E-state index contributed by atoms with van der Waals surface area (Å²) in [6.07, 6.45) is 4.70. The topological polar surface area (TPSA) is 93.7 Å². The number of fused-ring (bicyclic) bond motifs is 1. The van der Waals surface area contributed by atoms with E-state index in [1.54, 1.807) is 29.2 Å². The van der Waals surface area contributed by atoms with Gasteiger partial charge in [0.05, 0.1) is 29.8 Å². The maximum Gasteiger partial charge on any atom is 0.162 e. The second-order valence-electron chi connectivity index (χ2n) is 9.68. The third-order valence-electron chi connectivity index (χ3n) is 6.17. The van der Waals surface area contributed by atoms with Crippen LogP contribution in [0.4, 0.5) is 4.39 Å². The number of benzene rings is 1. The molecule has 1 aliphatic heterocycles. The maximum atomic E-state index is 15.4. The van der Waals surface area contributed by atoms with Gasteiger partial charge in [-0.3, -0.25) is 0 Å². The van der Waals surface area contributed by atoms with Gasteiger partial charge >= 0.3 is 0 Å². The normalized spacial score (nSPS) is 22.3. The molecule has 2 unspecified atom stereocenters. The van der Waals surface area contributed by atoms with Crippen molar-refractivity contribution in [1.82, 2.24) is 35.1 Å². The summed E-state index contributed by atoms with van der Waals surface area (Å²) in [6.45, 7) is 7.98. The van der Waals surface area contributed by atoms with Crippen LogP contribution in [0.2, 0.25) is 0 Å². The SMILES string of the molecule is CC1(C)CC(n2ccc3cc(-c4ccc(-n5ccnn5)cc4O)nnc32)C(F)C(C)(C)N1. The fourth-order valence-corrected chi connectivity index (χ4v) is 4.92. The maximum absolute atomic E-state index is 15.4. The second-order valence-corrected chi connectivity index (χ2v) is 9.68. The third-order valence-corrected chi connectivity index (χ3v) is 6.17. The van der Waals surface area contributed by atoms with Crippen molar-refractivity contribution in [2.24, 2.45) is 0 Å². The molecule has 5 rings (SSSR count). The fraction of sp³-hybridized carbons (Fsp3) is 0.391. The summed E-state index contributed by atoms with van der Waals surface area (Å²) in [5.41, 5.74) is 1.55. The highest BCUT2D eigenvalue weighted by atomic mass is 19.1. The predicted molar refractivity (Wildman–Crippen MR) is 119 cm³/mol. The summed E-state index contributed by atoms with van der Waals surface area (Å²) in [5, 5.41) is 31.3. The Morgan fingerprint density at radius 1 is 1.09 bits per heavy atom. The molecule has 4 heterocycles. The lowest BCUT2D eigenvalue weighted by molar-refractivity contribution is 0.0313. The fourth-order valence-electron chi connectivity index (χ4n) is 4.92. The molecule has 3 aromatic heterocycles. The molecule has 0 spiro atoms. The number of alkyl halides is 1. The lowest BCUT2D eigenvalue weighted by Crippen LogP contribution is -2.64. The first-order valence-electron chi connectivity index (χ1n) is 10.6. The van der Waals surface area contributed by atoms with Gasteiger partial charge in [-0.05, 0) is 58.4 Å². The first-order valence-corrected chi connectivity index (χ1v) is 10.6. The first kappa shape index (κ1) is 20.6. The van der Waals surface area contributed by atoms with Crippen LogP contribution in [0.5, 0.6) is 5.75 Å². The van der Waals surface area contributed by atoms with E-state index in [0.29, 0.717) is 29.0 Å². The van der Waals surface area contributed by atoms with E-state index >= 15 is 4.39 Å². The number of rotatable bonds is 3. The van der Waals surface area contributed by atoms with Gasteiger partial charge in [0.1, 0.15) is 11.9 Å². The highest BCUT2D eigenvalue weighted by Gasteiger charge is 2.47. The molecule has 9 heteroatoms. The molecule has 8 nitrogen and oxygen atoms in total. The van der Waals surface area contributed by atoms with Crippen molar-refractivity contribution in [3.05, 3.63) is 48.9 Å². The predicted octanol–water partition coefficient (Wildman–Crippen LogP) is 3.81. The van der Waals surface area contributed by atoms with Gasteiger partial charge in [-0.25, -0.2) is 9.07 Å². The number of hydrogen-bond acceptors (Lipinski definition) is 6. The van der Waals surface area contributed by atoms with Crippen LogP contribution in [0.15, 0.2) is 48.9 Å². The molecule has 1 aliphatic rings. The van der Waals surface area contributed by atoms with Crippen molar-refractivity contribution >= 4 is 11.0 Å². The molecule has 0 radical (unpaired) electrons. The largest absolute Gasteiger partial charge is 0.507 e. The quantitative estimate of drug-likeness (QED) is 0.508. The van der Waals surface area contributed by atoms with E-state index in [0.717, 1.165) is 5.39 Å². The number of piperidine rings is 1. The van der Waals surface area contributed by atoms with Crippen molar-refractivity contribution in [3.63, 3.8) is 0 Å². The smallest absolute Gasteiger partial charge is 0.162 e. The number of phenolic OH excluding ortho intramolecular Hbond substituents is 1. The highest BCUT2D eigenvalue weighted by Crippen LogP contribution is 2.40. The van der Waals surface area contributed by atoms with Gasteiger partial charge in [-0.15, -0.1) is 15.3 Å². The van der Waals surface area contributed by atoms with Crippen molar-refractivity contribution in [1.29, 1.82) is 0 Å².